The van der Waals surface area contributed by atoms with E-state index in [0.29, 0.717) is 5.92 Å². The first-order valence-corrected chi connectivity index (χ1v) is 7.17. The first kappa shape index (κ1) is 13.2. The second-order valence-corrected chi connectivity index (χ2v) is 5.38. The monoisotopic (exact) mass is 268 g/mol. The molecule has 1 aliphatic rings. The van der Waals surface area contributed by atoms with Gasteiger partial charge in [-0.3, -0.25) is 21.2 Å². The Hall–Kier alpha value is -1.78. The average molecular weight is 268 g/mol. The van der Waals surface area contributed by atoms with E-state index in [2.05, 4.69) is 21.5 Å². The van der Waals surface area contributed by atoms with Crippen LogP contribution in [0.15, 0.2) is 42.9 Å². The third-order valence-electron chi connectivity index (χ3n) is 4.14. The number of fused-ring (bicyclic) bond motifs is 1. The van der Waals surface area contributed by atoms with E-state index in [-0.39, 0.29) is 6.04 Å². The molecule has 104 valence electrons. The third kappa shape index (κ3) is 2.71. The smallest absolute Gasteiger partial charge is 0.0482 e. The van der Waals surface area contributed by atoms with Crippen LogP contribution >= 0.6 is 0 Å². The van der Waals surface area contributed by atoms with Crippen LogP contribution in [0.3, 0.4) is 0 Å². The quantitative estimate of drug-likeness (QED) is 0.657. The van der Waals surface area contributed by atoms with Crippen LogP contribution in [-0.4, -0.2) is 16.0 Å². The summed E-state index contributed by atoms with van der Waals surface area (Å²) in [5.41, 5.74) is 6.85. The lowest BCUT2D eigenvalue weighted by molar-refractivity contribution is 0.387. The molecule has 0 fully saturated rings. The first-order chi connectivity index (χ1) is 9.88. The van der Waals surface area contributed by atoms with Gasteiger partial charge in [0.25, 0.3) is 0 Å². The molecular weight excluding hydrogens is 248 g/mol. The van der Waals surface area contributed by atoms with Gasteiger partial charge in [-0.2, -0.15) is 0 Å². The standard InChI is InChI=1S/C16H20N4/c17-20-15(11-12-6-9-18-10-7-12)14-5-1-3-13-4-2-8-19-16(13)14/h2,4,6-10,14-15,20H,1,3,5,11,17H2. The summed E-state index contributed by atoms with van der Waals surface area (Å²) in [6, 6.07) is 8.52. The highest BCUT2D eigenvalue weighted by Crippen LogP contribution is 2.33. The minimum Gasteiger partial charge on any atom is -0.271 e. The number of nitrogens with two attached hydrogens (primary N) is 1. The molecule has 3 rings (SSSR count). The molecule has 1 aliphatic carbocycles. The van der Waals surface area contributed by atoms with E-state index in [1.165, 1.54) is 23.2 Å². The van der Waals surface area contributed by atoms with Gasteiger partial charge in [-0.1, -0.05) is 6.07 Å². The minimum atomic E-state index is 0.214. The predicted molar refractivity (Wildman–Crippen MR) is 79.0 cm³/mol. The second-order valence-electron chi connectivity index (χ2n) is 5.38. The molecular formula is C16H20N4. The minimum absolute atomic E-state index is 0.214. The molecule has 4 heteroatoms. The third-order valence-corrected chi connectivity index (χ3v) is 4.14. The van der Waals surface area contributed by atoms with E-state index in [1.54, 1.807) is 0 Å². The van der Waals surface area contributed by atoms with Crippen molar-refractivity contribution < 1.29 is 0 Å². The van der Waals surface area contributed by atoms with Gasteiger partial charge in [0, 0.05) is 36.2 Å². The molecule has 2 aromatic rings. The summed E-state index contributed by atoms with van der Waals surface area (Å²) in [5.74, 6) is 6.20. The lowest BCUT2D eigenvalue weighted by atomic mass is 9.80. The number of nitrogens with zero attached hydrogens (tertiary/aromatic N) is 2. The van der Waals surface area contributed by atoms with E-state index in [9.17, 15) is 0 Å². The maximum atomic E-state index is 5.82. The number of hydrazine groups is 1. The van der Waals surface area contributed by atoms with Gasteiger partial charge in [0.05, 0.1) is 0 Å². The lowest BCUT2D eigenvalue weighted by Gasteiger charge is -2.31. The Morgan fingerprint density at radius 2 is 2.10 bits per heavy atom. The van der Waals surface area contributed by atoms with Crippen LogP contribution in [0.5, 0.6) is 0 Å². The van der Waals surface area contributed by atoms with Crippen LogP contribution < -0.4 is 11.3 Å². The van der Waals surface area contributed by atoms with Gasteiger partial charge in [0.2, 0.25) is 0 Å². The van der Waals surface area contributed by atoms with Crippen molar-refractivity contribution in [1.82, 2.24) is 15.4 Å². The number of aryl methyl sites for hydroxylation is 1. The van der Waals surface area contributed by atoms with Gasteiger partial charge in [-0.25, -0.2) is 0 Å². The number of hydrogen-bond donors (Lipinski definition) is 2. The van der Waals surface area contributed by atoms with E-state index < -0.39 is 0 Å². The second kappa shape index (κ2) is 6.11. The van der Waals surface area contributed by atoms with E-state index in [4.69, 9.17) is 5.84 Å². The fourth-order valence-electron chi connectivity index (χ4n) is 3.13. The number of nitrogens with one attached hydrogen (secondary N) is 1. The molecule has 0 aromatic carbocycles. The normalized spacial score (nSPS) is 19.4. The number of aromatic nitrogens is 2. The fraction of sp³-hybridized carbons (Fsp3) is 0.375. The van der Waals surface area contributed by atoms with Crippen molar-refractivity contribution in [3.63, 3.8) is 0 Å². The molecule has 2 unspecified atom stereocenters. The highest BCUT2D eigenvalue weighted by molar-refractivity contribution is 5.28. The lowest BCUT2D eigenvalue weighted by Crippen LogP contribution is -2.42. The number of rotatable bonds is 4. The summed E-state index contributed by atoms with van der Waals surface area (Å²) in [5, 5.41) is 0. The van der Waals surface area contributed by atoms with Gasteiger partial charge < -0.3 is 0 Å². The van der Waals surface area contributed by atoms with Crippen molar-refractivity contribution in [1.29, 1.82) is 0 Å². The summed E-state index contributed by atoms with van der Waals surface area (Å²) in [6.07, 6.45) is 9.93. The molecule has 0 saturated carbocycles. The molecule has 0 saturated heterocycles. The number of hydrogen-bond acceptors (Lipinski definition) is 4. The van der Waals surface area contributed by atoms with E-state index >= 15 is 0 Å². The van der Waals surface area contributed by atoms with Gasteiger partial charge in [0.15, 0.2) is 0 Å². The molecule has 4 nitrogen and oxygen atoms in total. The molecule has 2 aromatic heterocycles. The molecule has 0 amide bonds. The summed E-state index contributed by atoms with van der Waals surface area (Å²) >= 11 is 0. The zero-order valence-corrected chi connectivity index (χ0v) is 11.5. The Morgan fingerprint density at radius 1 is 1.25 bits per heavy atom. The highest BCUT2D eigenvalue weighted by atomic mass is 15.2. The van der Waals surface area contributed by atoms with Crippen molar-refractivity contribution in [2.75, 3.05) is 0 Å². The Bertz CT molecular complexity index is 555. The molecule has 0 spiro atoms. The van der Waals surface area contributed by atoms with Crippen LogP contribution in [0.1, 0.15) is 35.6 Å². The van der Waals surface area contributed by atoms with Gasteiger partial charge in [-0.15, -0.1) is 0 Å². The first-order valence-electron chi connectivity index (χ1n) is 7.17. The predicted octanol–water partition coefficient (Wildman–Crippen LogP) is 1.97. The van der Waals surface area contributed by atoms with E-state index in [1.807, 2.05) is 36.8 Å². The van der Waals surface area contributed by atoms with Crippen molar-refractivity contribution >= 4 is 0 Å². The molecule has 2 atom stereocenters. The van der Waals surface area contributed by atoms with Crippen LogP contribution in [0.25, 0.3) is 0 Å². The summed E-state index contributed by atoms with van der Waals surface area (Å²) in [4.78, 5) is 8.67. The number of pyridine rings is 2. The largest absolute Gasteiger partial charge is 0.271 e. The molecule has 0 bridgehead atoms. The summed E-state index contributed by atoms with van der Waals surface area (Å²) in [6.45, 7) is 0. The van der Waals surface area contributed by atoms with Gasteiger partial charge in [0.1, 0.15) is 0 Å². The van der Waals surface area contributed by atoms with Crippen molar-refractivity contribution in [3.05, 3.63) is 59.7 Å². The van der Waals surface area contributed by atoms with Gasteiger partial charge in [-0.05, 0) is 55.0 Å². The Labute approximate surface area is 119 Å². The van der Waals surface area contributed by atoms with Crippen LogP contribution in [-0.2, 0) is 12.8 Å². The Balaban J connectivity index is 1.84. The molecule has 20 heavy (non-hydrogen) atoms. The maximum Gasteiger partial charge on any atom is 0.0482 e. The van der Waals surface area contributed by atoms with Crippen LogP contribution in [0.4, 0.5) is 0 Å². The SMILES string of the molecule is NNC(Cc1ccncc1)C1CCCc2cccnc21. The van der Waals surface area contributed by atoms with E-state index in [0.717, 1.165) is 19.3 Å². The maximum absolute atomic E-state index is 5.82. The summed E-state index contributed by atoms with van der Waals surface area (Å²) < 4.78 is 0. The zero-order chi connectivity index (χ0) is 13.8. The van der Waals surface area contributed by atoms with Crippen molar-refractivity contribution in [2.45, 2.75) is 37.6 Å². The Kier molecular flexibility index (Phi) is 4.04. The van der Waals surface area contributed by atoms with Gasteiger partial charge >= 0.3 is 0 Å². The van der Waals surface area contributed by atoms with Crippen LogP contribution in [0, 0.1) is 0 Å². The average Bonchev–Trinajstić information content (AvgIpc) is 2.53. The van der Waals surface area contributed by atoms with Crippen LogP contribution in [0.2, 0.25) is 0 Å². The molecule has 0 radical (unpaired) electrons. The molecule has 0 aliphatic heterocycles. The molecule has 3 N–H and O–H groups in total. The van der Waals surface area contributed by atoms with Crippen molar-refractivity contribution in [2.24, 2.45) is 5.84 Å². The highest BCUT2D eigenvalue weighted by Gasteiger charge is 2.28. The zero-order valence-electron chi connectivity index (χ0n) is 11.5. The summed E-state index contributed by atoms with van der Waals surface area (Å²) in [7, 11) is 0. The fourth-order valence-corrected chi connectivity index (χ4v) is 3.13. The Morgan fingerprint density at radius 3 is 2.90 bits per heavy atom. The molecule has 2 heterocycles. The van der Waals surface area contributed by atoms with Crippen molar-refractivity contribution in [3.8, 4) is 0 Å². The topological polar surface area (TPSA) is 63.8 Å².